The van der Waals surface area contributed by atoms with Gasteiger partial charge in [0, 0.05) is 13.1 Å². The maximum absolute atomic E-state index is 12.4. The summed E-state index contributed by atoms with van der Waals surface area (Å²) in [7, 11) is 0. The second-order valence-electron chi connectivity index (χ2n) is 3.04. The molecule has 13 heavy (non-hydrogen) atoms. The Balaban J connectivity index is 2.54. The molecule has 0 unspecified atom stereocenters. The van der Waals surface area contributed by atoms with Gasteiger partial charge in [-0.25, -0.2) is 0 Å². The minimum absolute atomic E-state index is 0.324. The lowest BCUT2D eigenvalue weighted by Gasteiger charge is -2.10. The third-order valence-electron chi connectivity index (χ3n) is 2.20. The van der Waals surface area contributed by atoms with E-state index < -0.39 is 11.7 Å². The number of halogens is 3. The van der Waals surface area contributed by atoms with Gasteiger partial charge in [0.2, 0.25) is 0 Å². The van der Waals surface area contributed by atoms with E-state index in [1.165, 1.54) is 6.07 Å². The molecule has 4 heteroatoms. The Hall–Kier alpha value is -1.03. The van der Waals surface area contributed by atoms with Crippen LogP contribution in [0.15, 0.2) is 18.2 Å². The standard InChI is InChI=1S/C9H8F3N/c10-9(11,12)8-3-1-2-6-4-13-5-7(6)8/h1-3,13H,4-5H2. The summed E-state index contributed by atoms with van der Waals surface area (Å²) in [6, 6.07) is 4.31. The minimum atomic E-state index is -4.22. The van der Waals surface area contributed by atoms with E-state index >= 15 is 0 Å². The first-order valence-corrected chi connectivity index (χ1v) is 3.98. The number of rotatable bonds is 0. The van der Waals surface area contributed by atoms with Gasteiger partial charge in [-0.3, -0.25) is 0 Å². The molecule has 1 aromatic rings. The summed E-state index contributed by atoms with van der Waals surface area (Å²) in [6.45, 7) is 0.865. The zero-order valence-electron chi connectivity index (χ0n) is 6.78. The first kappa shape index (κ1) is 8.56. The summed E-state index contributed by atoms with van der Waals surface area (Å²) in [4.78, 5) is 0. The van der Waals surface area contributed by atoms with Crippen LogP contribution in [0.2, 0.25) is 0 Å². The fourth-order valence-electron chi connectivity index (χ4n) is 1.60. The number of fused-ring (bicyclic) bond motifs is 1. The average molecular weight is 187 g/mol. The molecule has 1 heterocycles. The van der Waals surface area contributed by atoms with Crippen LogP contribution in [0.5, 0.6) is 0 Å². The van der Waals surface area contributed by atoms with Crippen LogP contribution in [0.1, 0.15) is 16.7 Å². The van der Waals surface area contributed by atoms with E-state index in [9.17, 15) is 13.2 Å². The Morgan fingerprint density at radius 3 is 2.62 bits per heavy atom. The largest absolute Gasteiger partial charge is 0.416 e. The Kier molecular flexibility index (Phi) is 1.80. The molecule has 0 atom stereocenters. The highest BCUT2D eigenvalue weighted by Crippen LogP contribution is 2.34. The van der Waals surface area contributed by atoms with Crippen molar-refractivity contribution in [3.8, 4) is 0 Å². The number of hydrogen-bond acceptors (Lipinski definition) is 1. The molecule has 0 spiro atoms. The van der Waals surface area contributed by atoms with E-state index in [0.717, 1.165) is 11.6 Å². The molecule has 70 valence electrons. The fourth-order valence-corrected chi connectivity index (χ4v) is 1.60. The van der Waals surface area contributed by atoms with Crippen LogP contribution in [0.4, 0.5) is 13.2 Å². The summed E-state index contributed by atoms with van der Waals surface area (Å²) in [5, 5.41) is 2.90. The maximum atomic E-state index is 12.4. The van der Waals surface area contributed by atoms with Gasteiger partial charge in [-0.2, -0.15) is 13.2 Å². The summed E-state index contributed by atoms with van der Waals surface area (Å²) in [5.41, 5.74) is 0.653. The lowest BCUT2D eigenvalue weighted by molar-refractivity contribution is -0.138. The highest BCUT2D eigenvalue weighted by molar-refractivity contribution is 5.39. The molecule has 0 amide bonds. The van der Waals surface area contributed by atoms with E-state index in [-0.39, 0.29) is 0 Å². The van der Waals surface area contributed by atoms with Gasteiger partial charge in [0.05, 0.1) is 5.56 Å². The van der Waals surface area contributed by atoms with Crippen LogP contribution in [0.25, 0.3) is 0 Å². The third kappa shape index (κ3) is 1.42. The normalized spacial score (nSPS) is 15.9. The molecule has 1 N–H and O–H groups in total. The molecule has 0 fully saturated rings. The van der Waals surface area contributed by atoms with Gasteiger partial charge >= 0.3 is 6.18 Å². The van der Waals surface area contributed by atoms with Crippen LogP contribution < -0.4 is 5.32 Å². The second-order valence-corrected chi connectivity index (χ2v) is 3.04. The number of alkyl halides is 3. The SMILES string of the molecule is FC(F)(F)c1cccc2c1CNC2. The molecule has 0 radical (unpaired) electrons. The molecule has 1 nitrogen and oxygen atoms in total. The molecule has 1 aromatic carbocycles. The van der Waals surface area contributed by atoms with Crippen molar-refractivity contribution in [2.75, 3.05) is 0 Å². The summed E-state index contributed by atoms with van der Waals surface area (Å²) in [5.74, 6) is 0. The lowest BCUT2D eigenvalue weighted by Crippen LogP contribution is -2.09. The Morgan fingerprint density at radius 1 is 1.15 bits per heavy atom. The van der Waals surface area contributed by atoms with E-state index in [1.54, 1.807) is 6.07 Å². The van der Waals surface area contributed by atoms with Crippen molar-refractivity contribution in [3.05, 3.63) is 34.9 Å². The average Bonchev–Trinajstić information content (AvgIpc) is 2.48. The van der Waals surface area contributed by atoms with Gasteiger partial charge in [0.15, 0.2) is 0 Å². The van der Waals surface area contributed by atoms with Gasteiger partial charge < -0.3 is 5.32 Å². The van der Waals surface area contributed by atoms with Crippen molar-refractivity contribution < 1.29 is 13.2 Å². The van der Waals surface area contributed by atoms with Crippen LogP contribution in [0.3, 0.4) is 0 Å². The first-order chi connectivity index (χ1) is 6.09. The number of benzene rings is 1. The topological polar surface area (TPSA) is 12.0 Å². The van der Waals surface area contributed by atoms with Gasteiger partial charge in [0.1, 0.15) is 0 Å². The molecule has 0 saturated heterocycles. The van der Waals surface area contributed by atoms with E-state index in [0.29, 0.717) is 18.7 Å². The predicted octanol–water partition coefficient (Wildman–Crippen LogP) is 2.31. The van der Waals surface area contributed by atoms with Crippen molar-refractivity contribution >= 4 is 0 Å². The van der Waals surface area contributed by atoms with E-state index in [2.05, 4.69) is 5.32 Å². The van der Waals surface area contributed by atoms with E-state index in [4.69, 9.17) is 0 Å². The number of hydrogen-bond donors (Lipinski definition) is 1. The van der Waals surface area contributed by atoms with Crippen molar-refractivity contribution in [1.82, 2.24) is 5.32 Å². The molecule has 2 rings (SSSR count). The molecule has 1 aliphatic rings. The third-order valence-corrected chi connectivity index (χ3v) is 2.20. The van der Waals surface area contributed by atoms with Crippen LogP contribution in [-0.4, -0.2) is 0 Å². The van der Waals surface area contributed by atoms with Crippen LogP contribution in [-0.2, 0) is 19.3 Å². The van der Waals surface area contributed by atoms with Crippen molar-refractivity contribution in [2.45, 2.75) is 19.3 Å². The molecule has 0 bridgehead atoms. The molecule has 0 aromatic heterocycles. The Morgan fingerprint density at radius 2 is 1.92 bits per heavy atom. The minimum Gasteiger partial charge on any atom is -0.309 e. The van der Waals surface area contributed by atoms with Crippen LogP contribution >= 0.6 is 0 Å². The number of nitrogens with one attached hydrogen (secondary N) is 1. The van der Waals surface area contributed by atoms with E-state index in [1.807, 2.05) is 0 Å². The quantitative estimate of drug-likeness (QED) is 0.657. The summed E-state index contributed by atoms with van der Waals surface area (Å²) in [6.07, 6.45) is -4.22. The van der Waals surface area contributed by atoms with Gasteiger partial charge in [0.25, 0.3) is 0 Å². The summed E-state index contributed by atoms with van der Waals surface area (Å²) < 4.78 is 37.2. The van der Waals surface area contributed by atoms with Crippen LogP contribution in [0, 0.1) is 0 Å². The van der Waals surface area contributed by atoms with Crippen molar-refractivity contribution in [2.24, 2.45) is 0 Å². The molecule has 0 saturated carbocycles. The smallest absolute Gasteiger partial charge is 0.309 e. The van der Waals surface area contributed by atoms with Gasteiger partial charge in [-0.1, -0.05) is 12.1 Å². The lowest BCUT2D eigenvalue weighted by atomic mass is 10.0. The fraction of sp³-hybridized carbons (Fsp3) is 0.333. The monoisotopic (exact) mass is 187 g/mol. The van der Waals surface area contributed by atoms with Gasteiger partial charge in [-0.05, 0) is 17.2 Å². The second kappa shape index (κ2) is 2.73. The van der Waals surface area contributed by atoms with Gasteiger partial charge in [-0.15, -0.1) is 0 Å². The Labute approximate surface area is 73.6 Å². The molecule has 0 aliphatic carbocycles. The predicted molar refractivity (Wildman–Crippen MR) is 42.0 cm³/mol. The first-order valence-electron chi connectivity index (χ1n) is 3.98. The highest BCUT2D eigenvalue weighted by Gasteiger charge is 2.34. The summed E-state index contributed by atoms with van der Waals surface area (Å²) >= 11 is 0. The highest BCUT2D eigenvalue weighted by atomic mass is 19.4. The molecular weight excluding hydrogens is 179 g/mol. The molecule has 1 aliphatic heterocycles. The zero-order valence-corrected chi connectivity index (χ0v) is 6.78. The zero-order chi connectivity index (χ0) is 9.47. The Bertz CT molecular complexity index is 330. The molecular formula is C9H8F3N. The maximum Gasteiger partial charge on any atom is 0.416 e. The van der Waals surface area contributed by atoms with Crippen molar-refractivity contribution in [1.29, 1.82) is 0 Å². The van der Waals surface area contributed by atoms with Crippen molar-refractivity contribution in [3.63, 3.8) is 0 Å².